The lowest BCUT2D eigenvalue weighted by Crippen LogP contribution is -2.48. The Morgan fingerprint density at radius 3 is 2.71 bits per heavy atom. The number of carbonyl (C=O) groups excluding carboxylic acids is 1. The molecule has 1 aliphatic rings. The average Bonchev–Trinajstić information content (AvgIpc) is 2.39. The minimum Gasteiger partial charge on any atom is -0.366 e. The first-order valence-corrected chi connectivity index (χ1v) is 5.57. The molecule has 1 aliphatic heterocycles. The predicted octanol–water partition coefficient (Wildman–Crippen LogP) is 0.622. The molecule has 0 N–H and O–H groups in total. The molecule has 0 radical (unpaired) electrons. The number of nitrogens with zero attached hydrogens (tertiary/aromatic N) is 4. The monoisotopic (exact) mass is 230 g/mol. The first-order valence-electron chi connectivity index (χ1n) is 5.57. The molecule has 0 aliphatic carbocycles. The molecular formula is C12H14N4O. The SMILES string of the molecule is CC(=O)N1CCN(c2cnccc2C#N)CC1. The van der Waals surface area contributed by atoms with E-state index in [1.54, 1.807) is 25.4 Å². The molecule has 0 aromatic carbocycles. The molecule has 0 bridgehead atoms. The third-order valence-corrected chi connectivity index (χ3v) is 2.99. The maximum absolute atomic E-state index is 11.2. The highest BCUT2D eigenvalue weighted by Gasteiger charge is 2.20. The van der Waals surface area contributed by atoms with E-state index in [4.69, 9.17) is 5.26 Å². The van der Waals surface area contributed by atoms with Crippen molar-refractivity contribution in [1.29, 1.82) is 5.26 Å². The number of carbonyl (C=O) groups is 1. The Labute approximate surface area is 100 Å². The van der Waals surface area contributed by atoms with E-state index in [2.05, 4.69) is 16.0 Å². The molecule has 1 amide bonds. The number of anilines is 1. The summed E-state index contributed by atoms with van der Waals surface area (Å²) < 4.78 is 0. The van der Waals surface area contributed by atoms with Crippen LogP contribution in [0.25, 0.3) is 0 Å². The summed E-state index contributed by atoms with van der Waals surface area (Å²) in [5, 5.41) is 9.02. The molecule has 5 heteroatoms. The van der Waals surface area contributed by atoms with Crippen molar-refractivity contribution in [2.24, 2.45) is 0 Å². The van der Waals surface area contributed by atoms with Crippen molar-refractivity contribution in [3.05, 3.63) is 24.0 Å². The zero-order valence-electron chi connectivity index (χ0n) is 9.76. The summed E-state index contributed by atoms with van der Waals surface area (Å²) in [5.74, 6) is 0.108. The van der Waals surface area contributed by atoms with Gasteiger partial charge in [-0.15, -0.1) is 0 Å². The van der Waals surface area contributed by atoms with Gasteiger partial charge in [0, 0.05) is 39.3 Å². The van der Waals surface area contributed by atoms with E-state index in [1.807, 2.05) is 4.90 Å². The zero-order valence-corrected chi connectivity index (χ0v) is 9.76. The van der Waals surface area contributed by atoms with Crippen molar-refractivity contribution in [1.82, 2.24) is 9.88 Å². The van der Waals surface area contributed by atoms with Crippen LogP contribution >= 0.6 is 0 Å². The fourth-order valence-corrected chi connectivity index (χ4v) is 1.99. The molecule has 5 nitrogen and oxygen atoms in total. The normalized spacial score (nSPS) is 15.5. The molecule has 17 heavy (non-hydrogen) atoms. The Balaban J connectivity index is 2.11. The highest BCUT2D eigenvalue weighted by atomic mass is 16.2. The number of rotatable bonds is 1. The van der Waals surface area contributed by atoms with Gasteiger partial charge in [0.2, 0.25) is 5.91 Å². The first-order chi connectivity index (χ1) is 8.22. The Kier molecular flexibility index (Phi) is 3.24. The summed E-state index contributed by atoms with van der Waals surface area (Å²) in [7, 11) is 0. The Hall–Kier alpha value is -2.09. The molecule has 1 fully saturated rings. The van der Waals surface area contributed by atoms with E-state index in [0.717, 1.165) is 18.8 Å². The van der Waals surface area contributed by atoms with Crippen LogP contribution in [0.15, 0.2) is 18.5 Å². The van der Waals surface area contributed by atoms with Gasteiger partial charge in [-0.1, -0.05) is 0 Å². The van der Waals surface area contributed by atoms with Gasteiger partial charge in [-0.3, -0.25) is 9.78 Å². The van der Waals surface area contributed by atoms with Gasteiger partial charge in [-0.25, -0.2) is 0 Å². The molecule has 1 aromatic heterocycles. The minimum atomic E-state index is 0.108. The van der Waals surface area contributed by atoms with Crippen molar-refractivity contribution >= 4 is 11.6 Å². The summed E-state index contributed by atoms with van der Waals surface area (Å²) in [5.41, 5.74) is 1.49. The summed E-state index contributed by atoms with van der Waals surface area (Å²) in [6.07, 6.45) is 3.33. The van der Waals surface area contributed by atoms with Crippen LogP contribution in [0, 0.1) is 11.3 Å². The van der Waals surface area contributed by atoms with Gasteiger partial charge in [0.05, 0.1) is 17.4 Å². The van der Waals surface area contributed by atoms with Gasteiger partial charge in [0.25, 0.3) is 0 Å². The molecule has 0 unspecified atom stereocenters. The Morgan fingerprint density at radius 1 is 1.41 bits per heavy atom. The van der Waals surface area contributed by atoms with E-state index in [1.165, 1.54) is 0 Å². The van der Waals surface area contributed by atoms with Crippen LogP contribution < -0.4 is 4.90 Å². The topological polar surface area (TPSA) is 60.2 Å². The molecule has 1 aromatic rings. The van der Waals surface area contributed by atoms with Crippen molar-refractivity contribution in [2.75, 3.05) is 31.1 Å². The molecule has 0 atom stereocenters. The second kappa shape index (κ2) is 4.83. The van der Waals surface area contributed by atoms with Crippen LogP contribution in [0.3, 0.4) is 0 Å². The van der Waals surface area contributed by atoms with Crippen LogP contribution in [0.4, 0.5) is 5.69 Å². The largest absolute Gasteiger partial charge is 0.366 e. The Morgan fingerprint density at radius 2 is 2.12 bits per heavy atom. The quantitative estimate of drug-likeness (QED) is 0.709. The predicted molar refractivity (Wildman–Crippen MR) is 63.4 cm³/mol. The van der Waals surface area contributed by atoms with Crippen LogP contribution in [0.5, 0.6) is 0 Å². The zero-order chi connectivity index (χ0) is 12.3. The summed E-state index contributed by atoms with van der Waals surface area (Å²) in [6.45, 7) is 4.49. The second-order valence-electron chi connectivity index (χ2n) is 4.00. The third kappa shape index (κ3) is 2.36. The van der Waals surface area contributed by atoms with Crippen molar-refractivity contribution in [3.63, 3.8) is 0 Å². The van der Waals surface area contributed by atoms with Crippen molar-refractivity contribution in [2.45, 2.75) is 6.92 Å². The number of hydrogen-bond acceptors (Lipinski definition) is 4. The highest BCUT2D eigenvalue weighted by Crippen LogP contribution is 2.19. The summed E-state index contributed by atoms with van der Waals surface area (Å²) in [6, 6.07) is 3.88. The number of pyridine rings is 1. The molecule has 1 saturated heterocycles. The van der Waals surface area contributed by atoms with Gasteiger partial charge in [0.15, 0.2) is 0 Å². The van der Waals surface area contributed by atoms with Crippen molar-refractivity contribution in [3.8, 4) is 6.07 Å². The van der Waals surface area contributed by atoms with Crippen molar-refractivity contribution < 1.29 is 4.79 Å². The van der Waals surface area contributed by atoms with Gasteiger partial charge < -0.3 is 9.80 Å². The molecule has 0 spiro atoms. The number of aromatic nitrogens is 1. The van der Waals surface area contributed by atoms with E-state index >= 15 is 0 Å². The van der Waals surface area contributed by atoms with Gasteiger partial charge in [-0.05, 0) is 6.07 Å². The first kappa shape index (κ1) is 11.4. The smallest absolute Gasteiger partial charge is 0.219 e. The van der Waals surface area contributed by atoms with Crippen LogP contribution in [-0.4, -0.2) is 42.0 Å². The number of hydrogen-bond donors (Lipinski definition) is 0. The van der Waals surface area contributed by atoms with E-state index in [-0.39, 0.29) is 5.91 Å². The van der Waals surface area contributed by atoms with E-state index in [0.29, 0.717) is 18.7 Å². The maximum Gasteiger partial charge on any atom is 0.219 e. The lowest BCUT2D eigenvalue weighted by atomic mass is 10.2. The fraction of sp³-hybridized carbons (Fsp3) is 0.417. The number of nitriles is 1. The average molecular weight is 230 g/mol. The number of piperazine rings is 1. The van der Waals surface area contributed by atoms with E-state index in [9.17, 15) is 4.79 Å². The lowest BCUT2D eigenvalue weighted by Gasteiger charge is -2.35. The summed E-state index contributed by atoms with van der Waals surface area (Å²) >= 11 is 0. The van der Waals surface area contributed by atoms with Crippen LogP contribution in [0.1, 0.15) is 12.5 Å². The molecule has 2 rings (SSSR count). The lowest BCUT2D eigenvalue weighted by molar-refractivity contribution is -0.129. The van der Waals surface area contributed by atoms with Gasteiger partial charge in [0.1, 0.15) is 6.07 Å². The fourth-order valence-electron chi connectivity index (χ4n) is 1.99. The summed E-state index contributed by atoms with van der Waals surface area (Å²) in [4.78, 5) is 19.2. The highest BCUT2D eigenvalue weighted by molar-refractivity contribution is 5.73. The third-order valence-electron chi connectivity index (χ3n) is 2.99. The number of amides is 1. The molecular weight excluding hydrogens is 216 g/mol. The molecule has 2 heterocycles. The van der Waals surface area contributed by atoms with Crippen LogP contribution in [-0.2, 0) is 4.79 Å². The van der Waals surface area contributed by atoms with Gasteiger partial charge >= 0.3 is 0 Å². The second-order valence-corrected chi connectivity index (χ2v) is 4.00. The minimum absolute atomic E-state index is 0.108. The van der Waals surface area contributed by atoms with Gasteiger partial charge in [-0.2, -0.15) is 5.26 Å². The molecule has 0 saturated carbocycles. The Bertz CT molecular complexity index is 458. The van der Waals surface area contributed by atoms with Crippen LogP contribution in [0.2, 0.25) is 0 Å². The standard InChI is InChI=1S/C12H14N4O/c1-10(17)15-4-6-16(7-5-15)12-9-14-3-2-11(12)8-13/h2-3,9H,4-7H2,1H3. The molecule has 88 valence electrons. The maximum atomic E-state index is 11.2. The van der Waals surface area contributed by atoms with E-state index < -0.39 is 0 Å².